The number of hydrogen-bond acceptors (Lipinski definition) is 7. The minimum atomic E-state index is -0.829. The second-order valence-electron chi connectivity index (χ2n) is 11.3. The molecule has 2 aromatic rings. The number of carbonyl (C=O) groups excluding carboxylic acids is 3. The molecule has 2 aliphatic heterocycles. The Morgan fingerprint density at radius 2 is 2.00 bits per heavy atom. The molecule has 3 heterocycles. The molecule has 0 spiro atoms. The Kier molecular flexibility index (Phi) is 11.1. The van der Waals surface area contributed by atoms with Gasteiger partial charge in [-0.2, -0.15) is 0 Å². The van der Waals surface area contributed by atoms with Gasteiger partial charge in [-0.15, -0.1) is 11.3 Å². The van der Waals surface area contributed by atoms with Crippen molar-refractivity contribution in [1.82, 2.24) is 25.3 Å². The van der Waals surface area contributed by atoms with Crippen molar-refractivity contribution in [2.45, 2.75) is 58.2 Å². The first-order valence-electron chi connectivity index (χ1n) is 14.4. The number of nitrogens with zero attached hydrogens (tertiary/aromatic N) is 3. The topological polar surface area (TPSA) is 94.2 Å². The van der Waals surface area contributed by atoms with Gasteiger partial charge in [0.25, 0.3) is 0 Å². The van der Waals surface area contributed by atoms with E-state index in [9.17, 15) is 14.4 Å². The molecule has 9 nitrogen and oxygen atoms in total. The van der Waals surface area contributed by atoms with Crippen molar-refractivity contribution in [3.63, 3.8) is 0 Å². The summed E-state index contributed by atoms with van der Waals surface area (Å²) >= 11 is 8.00. The van der Waals surface area contributed by atoms with Crippen LogP contribution in [-0.2, 0) is 16.1 Å². The molecule has 224 valence electrons. The molecule has 1 aromatic carbocycles. The van der Waals surface area contributed by atoms with E-state index in [1.165, 1.54) is 4.90 Å². The molecule has 0 radical (unpaired) electrons. The lowest BCUT2D eigenvalue weighted by atomic mass is 9.85. The van der Waals surface area contributed by atoms with Gasteiger partial charge in [-0.3, -0.25) is 9.59 Å². The summed E-state index contributed by atoms with van der Waals surface area (Å²) in [6, 6.07) is 6.25. The number of hydrogen-bond donors (Lipinski definition) is 2. The van der Waals surface area contributed by atoms with Crippen molar-refractivity contribution in [1.29, 1.82) is 0 Å². The van der Waals surface area contributed by atoms with Gasteiger partial charge in [0.1, 0.15) is 6.04 Å². The molecule has 1 aromatic heterocycles. The van der Waals surface area contributed by atoms with E-state index in [1.807, 2.05) is 37.4 Å². The molecule has 3 atom stereocenters. The smallest absolute Gasteiger partial charge is 0.409 e. The fourth-order valence-corrected chi connectivity index (χ4v) is 6.43. The van der Waals surface area contributed by atoms with Crippen LogP contribution in [0.1, 0.15) is 41.7 Å². The van der Waals surface area contributed by atoms with Gasteiger partial charge in [0.2, 0.25) is 11.8 Å². The minimum Gasteiger partial charge on any atom is -0.409 e. The zero-order valence-electron chi connectivity index (χ0n) is 24.5. The van der Waals surface area contributed by atoms with Crippen molar-refractivity contribution in [2.75, 3.05) is 46.8 Å². The van der Waals surface area contributed by atoms with Crippen LogP contribution in [0.4, 0.5) is 4.79 Å². The highest BCUT2D eigenvalue weighted by molar-refractivity contribution is 7.09. The Labute approximate surface area is 252 Å². The van der Waals surface area contributed by atoms with E-state index in [1.54, 1.807) is 22.3 Å². The summed E-state index contributed by atoms with van der Waals surface area (Å²) < 4.78 is 5.67. The standard InChI is InChI=1S/C30H42ClN5O4S/c1-20-11-12-25(26(31)21(20)2)40-30(39)35-15-16-36(24(19-35)28(37)33-18-23-10-7-17-41-23)29(38)27-22(8-5-13-32-27)9-6-14-34(3)4/h7,10-12,17,22,24,27,32H,5-6,8-9,13-16,18-19H2,1-4H3,(H,33,37)/t22-,24+,27-/m1/s1. The number of piperazine rings is 1. The molecule has 2 aliphatic rings. The van der Waals surface area contributed by atoms with E-state index >= 15 is 0 Å². The highest BCUT2D eigenvalue weighted by Crippen LogP contribution is 2.31. The number of ether oxygens (including phenoxy) is 1. The molecule has 2 N–H and O–H groups in total. The van der Waals surface area contributed by atoms with Crippen LogP contribution in [0.25, 0.3) is 0 Å². The van der Waals surface area contributed by atoms with E-state index in [0.29, 0.717) is 11.6 Å². The largest absolute Gasteiger partial charge is 0.415 e. The molecule has 4 rings (SSSR count). The third-order valence-corrected chi connectivity index (χ3v) is 9.44. The number of carbonyl (C=O) groups is 3. The first-order chi connectivity index (χ1) is 19.7. The number of halogens is 1. The van der Waals surface area contributed by atoms with E-state index in [0.717, 1.165) is 54.8 Å². The molecular formula is C30H42ClN5O4S. The number of piperidine rings is 1. The highest BCUT2D eigenvalue weighted by Gasteiger charge is 2.42. The van der Waals surface area contributed by atoms with Crippen molar-refractivity contribution in [3.8, 4) is 5.75 Å². The van der Waals surface area contributed by atoms with Crippen LogP contribution in [0, 0.1) is 19.8 Å². The quantitative estimate of drug-likeness (QED) is 0.449. The minimum absolute atomic E-state index is 0.0430. The number of thiophene rings is 1. The molecular weight excluding hydrogens is 562 g/mol. The van der Waals surface area contributed by atoms with Gasteiger partial charge in [-0.05, 0) is 101 Å². The van der Waals surface area contributed by atoms with E-state index < -0.39 is 12.1 Å². The van der Waals surface area contributed by atoms with E-state index in [4.69, 9.17) is 16.3 Å². The van der Waals surface area contributed by atoms with Gasteiger partial charge in [-0.1, -0.05) is 23.7 Å². The Balaban J connectivity index is 1.49. The molecule has 41 heavy (non-hydrogen) atoms. The Bertz CT molecular complexity index is 1210. The summed E-state index contributed by atoms with van der Waals surface area (Å²) in [5.41, 5.74) is 1.85. The van der Waals surface area contributed by atoms with Gasteiger partial charge < -0.3 is 30.1 Å². The van der Waals surface area contributed by atoms with E-state index in [2.05, 4.69) is 29.6 Å². The monoisotopic (exact) mass is 603 g/mol. The second-order valence-corrected chi connectivity index (χ2v) is 12.7. The molecule has 11 heteroatoms. The lowest BCUT2D eigenvalue weighted by molar-refractivity contribution is -0.146. The maximum absolute atomic E-state index is 14.0. The number of amides is 3. The summed E-state index contributed by atoms with van der Waals surface area (Å²) in [5.74, 6) is 0.138. The van der Waals surface area contributed by atoms with Crippen molar-refractivity contribution in [2.24, 2.45) is 5.92 Å². The molecule has 0 saturated carbocycles. The summed E-state index contributed by atoms with van der Waals surface area (Å²) in [7, 11) is 4.11. The summed E-state index contributed by atoms with van der Waals surface area (Å²) in [6.07, 6.45) is 3.38. The first kappa shape index (κ1) is 31.3. The van der Waals surface area contributed by atoms with Crippen molar-refractivity contribution in [3.05, 3.63) is 50.7 Å². The zero-order valence-corrected chi connectivity index (χ0v) is 26.0. The van der Waals surface area contributed by atoms with Crippen LogP contribution < -0.4 is 15.4 Å². The van der Waals surface area contributed by atoms with E-state index in [-0.39, 0.29) is 49.2 Å². The maximum Gasteiger partial charge on any atom is 0.415 e. The van der Waals surface area contributed by atoms with Crippen LogP contribution in [0.3, 0.4) is 0 Å². The number of nitrogens with one attached hydrogen (secondary N) is 2. The predicted molar refractivity (Wildman–Crippen MR) is 162 cm³/mol. The fraction of sp³-hybridized carbons (Fsp3) is 0.567. The van der Waals surface area contributed by atoms with Crippen molar-refractivity contribution < 1.29 is 19.1 Å². The van der Waals surface area contributed by atoms with Gasteiger partial charge in [0.15, 0.2) is 5.75 Å². The SMILES string of the molecule is Cc1ccc(OC(=O)N2CCN(C(=O)[C@@H]3NCCC[C@@H]3CCCN(C)C)[C@H](C(=O)NCc3cccs3)C2)c(Cl)c1C. The molecule has 0 aliphatic carbocycles. The van der Waals surface area contributed by atoms with Gasteiger partial charge >= 0.3 is 6.09 Å². The van der Waals surface area contributed by atoms with Gasteiger partial charge in [-0.25, -0.2) is 4.79 Å². The number of aryl methyl sites for hydroxylation is 1. The second kappa shape index (κ2) is 14.5. The lowest BCUT2D eigenvalue weighted by Crippen LogP contribution is -2.65. The van der Waals surface area contributed by atoms with Crippen LogP contribution >= 0.6 is 22.9 Å². The Morgan fingerprint density at radius 3 is 2.73 bits per heavy atom. The predicted octanol–water partition coefficient (Wildman–Crippen LogP) is 4.06. The molecule has 2 fully saturated rings. The number of rotatable bonds is 9. The molecule has 0 bridgehead atoms. The maximum atomic E-state index is 14.0. The summed E-state index contributed by atoms with van der Waals surface area (Å²) in [4.78, 5) is 47.1. The van der Waals surface area contributed by atoms with Crippen LogP contribution in [0.15, 0.2) is 29.6 Å². The third kappa shape index (κ3) is 8.00. The third-order valence-electron chi connectivity index (χ3n) is 8.09. The molecule has 3 amide bonds. The first-order valence-corrected chi connectivity index (χ1v) is 15.6. The van der Waals surface area contributed by atoms with Crippen LogP contribution in [0.5, 0.6) is 5.75 Å². The molecule has 2 saturated heterocycles. The Hall–Kier alpha value is -2.66. The Morgan fingerprint density at radius 1 is 1.20 bits per heavy atom. The summed E-state index contributed by atoms with van der Waals surface area (Å²) in [5, 5.41) is 8.78. The normalized spacial score (nSPS) is 21.2. The van der Waals surface area contributed by atoms with Gasteiger partial charge in [0, 0.05) is 18.0 Å². The zero-order chi connectivity index (χ0) is 29.5. The fourth-order valence-electron chi connectivity index (χ4n) is 5.54. The lowest BCUT2D eigenvalue weighted by Gasteiger charge is -2.43. The average molecular weight is 604 g/mol. The highest BCUT2D eigenvalue weighted by atomic mass is 35.5. The van der Waals surface area contributed by atoms with Crippen LogP contribution in [-0.4, -0.2) is 91.5 Å². The van der Waals surface area contributed by atoms with Gasteiger partial charge in [0.05, 0.1) is 24.2 Å². The van der Waals surface area contributed by atoms with Crippen LogP contribution in [0.2, 0.25) is 5.02 Å². The number of benzene rings is 1. The van der Waals surface area contributed by atoms with Crippen molar-refractivity contribution >= 4 is 40.8 Å². The average Bonchev–Trinajstić information content (AvgIpc) is 3.49. The summed E-state index contributed by atoms with van der Waals surface area (Å²) in [6.45, 7) is 6.48. The molecule has 0 unspecified atom stereocenters.